The van der Waals surface area contributed by atoms with Crippen LogP contribution in [0.5, 0.6) is 0 Å². The normalized spacial score (nSPS) is 11.1. The lowest BCUT2D eigenvalue weighted by atomic mass is 10.0. The van der Waals surface area contributed by atoms with E-state index in [-0.39, 0.29) is 0 Å². The molecular weight excluding hydrogens is 420 g/mol. The highest BCUT2D eigenvalue weighted by Crippen LogP contribution is 2.29. The van der Waals surface area contributed by atoms with E-state index < -0.39 is 0 Å². The Balaban J connectivity index is 1.42. The first-order valence-electron chi connectivity index (χ1n) is 11.3. The van der Waals surface area contributed by atoms with Crippen molar-refractivity contribution in [3.63, 3.8) is 0 Å². The highest BCUT2D eigenvalue weighted by Gasteiger charge is 2.09. The van der Waals surface area contributed by atoms with E-state index in [1.165, 1.54) is 0 Å². The number of benzene rings is 2. The van der Waals surface area contributed by atoms with Gasteiger partial charge in [-0.15, -0.1) is 0 Å². The van der Waals surface area contributed by atoms with Gasteiger partial charge in [-0.25, -0.2) is 15.0 Å². The fourth-order valence-corrected chi connectivity index (χ4v) is 4.08. The number of nitrogens with one attached hydrogen (secondary N) is 1. The van der Waals surface area contributed by atoms with E-state index in [2.05, 4.69) is 80.3 Å². The molecule has 0 unspecified atom stereocenters. The van der Waals surface area contributed by atoms with Gasteiger partial charge in [0.05, 0.1) is 11.9 Å². The number of pyridine rings is 2. The predicted octanol–water partition coefficient (Wildman–Crippen LogP) is 6.12. The van der Waals surface area contributed by atoms with Crippen molar-refractivity contribution in [2.24, 2.45) is 7.05 Å². The van der Waals surface area contributed by atoms with Crippen molar-refractivity contribution in [3.05, 3.63) is 84.6 Å². The van der Waals surface area contributed by atoms with Gasteiger partial charge in [0.1, 0.15) is 17.5 Å². The van der Waals surface area contributed by atoms with Gasteiger partial charge in [0.15, 0.2) is 0 Å². The van der Waals surface area contributed by atoms with Gasteiger partial charge in [-0.05, 0) is 66.8 Å². The number of aryl methyl sites for hydroxylation is 2. The minimum absolute atomic E-state index is 0.818. The van der Waals surface area contributed by atoms with E-state index in [0.717, 1.165) is 61.9 Å². The van der Waals surface area contributed by atoms with Crippen LogP contribution in [0.2, 0.25) is 0 Å². The summed E-state index contributed by atoms with van der Waals surface area (Å²) in [7, 11) is 6.03. The third-order valence-corrected chi connectivity index (χ3v) is 6.27. The largest absolute Gasteiger partial charge is 0.363 e. The van der Waals surface area contributed by atoms with E-state index in [0.29, 0.717) is 0 Å². The Morgan fingerprint density at radius 3 is 2.21 bits per heavy atom. The van der Waals surface area contributed by atoms with Crippen molar-refractivity contribution in [2.75, 3.05) is 24.3 Å². The molecule has 1 N–H and O–H groups in total. The van der Waals surface area contributed by atoms with Crippen molar-refractivity contribution in [1.82, 2.24) is 19.5 Å². The summed E-state index contributed by atoms with van der Waals surface area (Å²) in [6.45, 7) is 4.12. The SMILES string of the molecule is Cc1cc(-c2cnc(C)n2C)ccc1Nc1cc2cc(-c3ccc(N(C)C)nc3)ccc2cn1. The van der Waals surface area contributed by atoms with Crippen LogP contribution in [-0.4, -0.2) is 33.6 Å². The molecule has 3 heterocycles. The second kappa shape index (κ2) is 8.63. The Bertz CT molecular complexity index is 1480. The van der Waals surface area contributed by atoms with Crippen LogP contribution >= 0.6 is 0 Å². The van der Waals surface area contributed by atoms with Gasteiger partial charge in [-0.3, -0.25) is 0 Å². The molecule has 0 amide bonds. The van der Waals surface area contributed by atoms with Gasteiger partial charge in [0.2, 0.25) is 0 Å². The number of anilines is 3. The Morgan fingerprint density at radius 2 is 1.53 bits per heavy atom. The van der Waals surface area contributed by atoms with Gasteiger partial charge >= 0.3 is 0 Å². The van der Waals surface area contributed by atoms with E-state index in [1.807, 2.05) is 57.6 Å². The number of aromatic nitrogens is 4. The monoisotopic (exact) mass is 448 g/mol. The lowest BCUT2D eigenvalue weighted by Gasteiger charge is -2.13. The topological polar surface area (TPSA) is 58.9 Å². The van der Waals surface area contributed by atoms with Crippen LogP contribution in [0, 0.1) is 13.8 Å². The second-order valence-corrected chi connectivity index (χ2v) is 8.84. The molecule has 6 nitrogen and oxygen atoms in total. The number of nitrogens with zero attached hydrogens (tertiary/aromatic N) is 5. The minimum Gasteiger partial charge on any atom is -0.363 e. The molecule has 0 aliphatic heterocycles. The van der Waals surface area contributed by atoms with Crippen LogP contribution in [0.1, 0.15) is 11.4 Å². The van der Waals surface area contributed by atoms with Gasteiger partial charge in [0, 0.05) is 55.7 Å². The molecule has 0 atom stereocenters. The van der Waals surface area contributed by atoms with Crippen molar-refractivity contribution in [1.29, 1.82) is 0 Å². The molecule has 170 valence electrons. The number of imidazole rings is 1. The van der Waals surface area contributed by atoms with Crippen LogP contribution in [-0.2, 0) is 7.05 Å². The molecule has 5 rings (SSSR count). The molecule has 0 aliphatic rings. The molecule has 34 heavy (non-hydrogen) atoms. The maximum absolute atomic E-state index is 4.63. The van der Waals surface area contributed by atoms with E-state index in [1.54, 1.807) is 0 Å². The molecular formula is C28H28N6. The molecule has 6 heteroatoms. The fraction of sp³-hybridized carbons (Fsp3) is 0.179. The Labute approximate surface area is 199 Å². The third-order valence-electron chi connectivity index (χ3n) is 6.27. The quantitative estimate of drug-likeness (QED) is 0.351. The molecule has 0 saturated carbocycles. The highest BCUT2D eigenvalue weighted by molar-refractivity contribution is 5.89. The minimum atomic E-state index is 0.818. The summed E-state index contributed by atoms with van der Waals surface area (Å²) in [5.41, 5.74) is 6.67. The van der Waals surface area contributed by atoms with Crippen LogP contribution in [0.15, 0.2) is 73.2 Å². The molecule has 0 bridgehead atoms. The molecule has 3 aromatic heterocycles. The summed E-state index contributed by atoms with van der Waals surface area (Å²) in [4.78, 5) is 15.6. The number of hydrogen-bond acceptors (Lipinski definition) is 5. The van der Waals surface area contributed by atoms with Crippen LogP contribution in [0.25, 0.3) is 33.2 Å². The third kappa shape index (κ3) is 4.10. The van der Waals surface area contributed by atoms with E-state index >= 15 is 0 Å². The average Bonchev–Trinajstić information content (AvgIpc) is 3.18. The summed E-state index contributed by atoms with van der Waals surface area (Å²) in [5, 5.41) is 5.72. The Morgan fingerprint density at radius 1 is 0.735 bits per heavy atom. The molecule has 0 saturated heterocycles. The number of rotatable bonds is 5. The smallest absolute Gasteiger partial charge is 0.130 e. The first-order valence-corrected chi connectivity index (χ1v) is 11.3. The van der Waals surface area contributed by atoms with Crippen molar-refractivity contribution in [3.8, 4) is 22.4 Å². The van der Waals surface area contributed by atoms with Crippen LogP contribution in [0.4, 0.5) is 17.3 Å². The van der Waals surface area contributed by atoms with Crippen molar-refractivity contribution < 1.29 is 0 Å². The maximum atomic E-state index is 4.63. The van der Waals surface area contributed by atoms with E-state index in [4.69, 9.17) is 0 Å². The standard InChI is InChI=1S/C28H28N6/c1-18-12-21(26-17-29-19(2)34(26)5)8-10-25(18)32-27-14-24-13-20(6-7-23(24)15-30-27)22-9-11-28(31-16-22)33(3)4/h6-17H,1-5H3,(H,30,32). The summed E-state index contributed by atoms with van der Waals surface area (Å²) in [6.07, 6.45) is 5.76. The second-order valence-electron chi connectivity index (χ2n) is 8.84. The van der Waals surface area contributed by atoms with Gasteiger partial charge in [0.25, 0.3) is 0 Å². The van der Waals surface area contributed by atoms with Crippen molar-refractivity contribution >= 4 is 28.1 Å². The van der Waals surface area contributed by atoms with Gasteiger partial charge in [-0.1, -0.05) is 18.2 Å². The molecule has 0 radical (unpaired) electrons. The first kappa shape index (κ1) is 21.6. The zero-order valence-electron chi connectivity index (χ0n) is 20.2. The number of fused-ring (bicyclic) bond motifs is 1. The molecule has 2 aromatic carbocycles. The molecule has 0 fully saturated rings. The highest BCUT2D eigenvalue weighted by atomic mass is 15.1. The predicted molar refractivity (Wildman–Crippen MR) is 141 cm³/mol. The fourth-order valence-electron chi connectivity index (χ4n) is 4.08. The summed E-state index contributed by atoms with van der Waals surface area (Å²) >= 11 is 0. The van der Waals surface area contributed by atoms with Crippen LogP contribution in [0.3, 0.4) is 0 Å². The Kier molecular flexibility index (Phi) is 5.49. The first-order chi connectivity index (χ1) is 16.4. The van der Waals surface area contributed by atoms with Gasteiger partial charge < -0.3 is 14.8 Å². The molecule has 5 aromatic rings. The van der Waals surface area contributed by atoms with E-state index in [9.17, 15) is 0 Å². The maximum Gasteiger partial charge on any atom is 0.130 e. The summed E-state index contributed by atoms with van der Waals surface area (Å²) in [5.74, 6) is 2.76. The van der Waals surface area contributed by atoms with Crippen LogP contribution < -0.4 is 10.2 Å². The lowest BCUT2D eigenvalue weighted by molar-refractivity contribution is 0.865. The lowest BCUT2D eigenvalue weighted by Crippen LogP contribution is -2.09. The zero-order valence-corrected chi connectivity index (χ0v) is 20.2. The zero-order chi connectivity index (χ0) is 23.8. The summed E-state index contributed by atoms with van der Waals surface area (Å²) < 4.78 is 2.11. The summed E-state index contributed by atoms with van der Waals surface area (Å²) in [6, 6.07) is 19.1. The van der Waals surface area contributed by atoms with Crippen molar-refractivity contribution in [2.45, 2.75) is 13.8 Å². The molecule has 0 aliphatic carbocycles. The number of hydrogen-bond donors (Lipinski definition) is 1. The Hall–Kier alpha value is -4.19. The van der Waals surface area contributed by atoms with Gasteiger partial charge in [-0.2, -0.15) is 0 Å². The average molecular weight is 449 g/mol. The molecule has 0 spiro atoms.